The van der Waals surface area contributed by atoms with Crippen molar-refractivity contribution in [3.8, 4) is 0 Å². The van der Waals surface area contributed by atoms with Crippen molar-refractivity contribution in [1.82, 2.24) is 15.1 Å². The van der Waals surface area contributed by atoms with E-state index in [1.165, 1.54) is 12.0 Å². The van der Waals surface area contributed by atoms with Gasteiger partial charge in [-0.2, -0.15) is 5.10 Å². The fraction of sp³-hybridized carbons (Fsp3) is 0.727. The molecule has 0 bridgehead atoms. The Bertz CT molecular complexity index is 314. The van der Waals surface area contributed by atoms with Crippen LogP contribution in [0.5, 0.6) is 0 Å². The van der Waals surface area contributed by atoms with Crippen molar-refractivity contribution in [3.63, 3.8) is 0 Å². The Labute approximate surface area is 85.5 Å². The van der Waals surface area contributed by atoms with E-state index in [9.17, 15) is 0 Å². The zero-order valence-electron chi connectivity index (χ0n) is 9.25. The van der Waals surface area contributed by atoms with Gasteiger partial charge in [0.25, 0.3) is 0 Å². The molecule has 14 heavy (non-hydrogen) atoms. The summed E-state index contributed by atoms with van der Waals surface area (Å²) in [4.78, 5) is 0. The summed E-state index contributed by atoms with van der Waals surface area (Å²) in [6, 6.07) is 0.507. The number of hydrogen-bond acceptors (Lipinski definition) is 2. The maximum Gasteiger partial charge on any atom is 0.0537 e. The highest BCUT2D eigenvalue weighted by molar-refractivity contribution is 5.19. The molecule has 0 spiro atoms. The van der Waals surface area contributed by atoms with Crippen molar-refractivity contribution in [2.45, 2.75) is 39.8 Å². The van der Waals surface area contributed by atoms with Gasteiger partial charge in [-0.05, 0) is 18.8 Å². The lowest BCUT2D eigenvalue weighted by Crippen LogP contribution is -2.53. The van der Waals surface area contributed by atoms with Crippen molar-refractivity contribution in [1.29, 1.82) is 0 Å². The standard InChI is InChI=1S/C11H19N3/c1-4-11(3)8-12-10(11)9-6-13-14(5-2)7-9/h6-7,10,12H,4-5,8H2,1-3H3. The lowest BCUT2D eigenvalue weighted by Gasteiger charge is -2.47. The van der Waals surface area contributed by atoms with Gasteiger partial charge in [-0.25, -0.2) is 0 Å². The van der Waals surface area contributed by atoms with E-state index in [1.54, 1.807) is 0 Å². The summed E-state index contributed by atoms with van der Waals surface area (Å²) in [6.07, 6.45) is 5.38. The van der Waals surface area contributed by atoms with Crippen LogP contribution in [0.1, 0.15) is 38.8 Å². The lowest BCUT2D eigenvalue weighted by molar-refractivity contribution is 0.0988. The number of nitrogens with one attached hydrogen (secondary N) is 1. The van der Waals surface area contributed by atoms with Gasteiger partial charge in [-0.1, -0.05) is 13.8 Å². The van der Waals surface area contributed by atoms with Crippen molar-refractivity contribution < 1.29 is 0 Å². The maximum absolute atomic E-state index is 4.31. The van der Waals surface area contributed by atoms with Crippen LogP contribution in [0.4, 0.5) is 0 Å². The SMILES string of the molecule is CCn1cc(C2NCC2(C)CC)cn1. The smallest absolute Gasteiger partial charge is 0.0537 e. The van der Waals surface area contributed by atoms with E-state index in [-0.39, 0.29) is 0 Å². The van der Waals surface area contributed by atoms with E-state index in [4.69, 9.17) is 0 Å². The van der Waals surface area contributed by atoms with Gasteiger partial charge in [-0.15, -0.1) is 0 Å². The van der Waals surface area contributed by atoms with Crippen LogP contribution < -0.4 is 5.32 Å². The van der Waals surface area contributed by atoms with Crippen molar-refractivity contribution in [3.05, 3.63) is 18.0 Å². The molecule has 1 saturated heterocycles. The minimum atomic E-state index is 0.432. The van der Waals surface area contributed by atoms with Gasteiger partial charge in [0.1, 0.15) is 0 Å². The molecule has 2 heterocycles. The molecule has 1 aliphatic heterocycles. The number of rotatable bonds is 3. The Morgan fingerprint density at radius 1 is 1.64 bits per heavy atom. The quantitative estimate of drug-likeness (QED) is 0.795. The molecular weight excluding hydrogens is 174 g/mol. The van der Waals surface area contributed by atoms with Gasteiger partial charge in [-0.3, -0.25) is 4.68 Å². The third-order valence-corrected chi connectivity index (χ3v) is 3.53. The summed E-state index contributed by atoms with van der Waals surface area (Å²) >= 11 is 0. The Morgan fingerprint density at radius 3 is 2.86 bits per heavy atom. The summed E-state index contributed by atoms with van der Waals surface area (Å²) in [5.74, 6) is 0. The van der Waals surface area contributed by atoms with Crippen LogP contribution in [0.3, 0.4) is 0 Å². The molecule has 0 radical (unpaired) electrons. The summed E-state index contributed by atoms with van der Waals surface area (Å²) in [6.45, 7) is 8.81. The number of nitrogens with zero attached hydrogens (tertiary/aromatic N) is 2. The second-order valence-electron chi connectivity index (χ2n) is 4.45. The fourth-order valence-corrected chi connectivity index (χ4v) is 2.10. The fourth-order valence-electron chi connectivity index (χ4n) is 2.10. The van der Waals surface area contributed by atoms with E-state index in [1.807, 2.05) is 10.9 Å². The minimum absolute atomic E-state index is 0.432. The Kier molecular flexibility index (Phi) is 2.35. The van der Waals surface area contributed by atoms with Gasteiger partial charge in [0.2, 0.25) is 0 Å². The lowest BCUT2D eigenvalue weighted by atomic mass is 9.71. The zero-order chi connectivity index (χ0) is 10.2. The molecule has 1 aromatic rings. The van der Waals surface area contributed by atoms with Crippen LogP contribution in [0, 0.1) is 5.41 Å². The first-order chi connectivity index (χ1) is 6.69. The highest BCUT2D eigenvalue weighted by Crippen LogP contribution is 2.42. The number of hydrogen-bond donors (Lipinski definition) is 1. The van der Waals surface area contributed by atoms with E-state index >= 15 is 0 Å². The topological polar surface area (TPSA) is 29.9 Å². The van der Waals surface area contributed by atoms with E-state index in [0.29, 0.717) is 11.5 Å². The summed E-state index contributed by atoms with van der Waals surface area (Å²) in [5, 5.41) is 7.80. The predicted molar refractivity (Wildman–Crippen MR) is 57.0 cm³/mol. The monoisotopic (exact) mass is 193 g/mol. The molecule has 2 unspecified atom stereocenters. The highest BCUT2D eigenvalue weighted by Gasteiger charge is 2.42. The molecule has 0 amide bonds. The highest BCUT2D eigenvalue weighted by atomic mass is 15.3. The average molecular weight is 193 g/mol. The van der Waals surface area contributed by atoms with Gasteiger partial charge >= 0.3 is 0 Å². The Morgan fingerprint density at radius 2 is 2.43 bits per heavy atom. The molecule has 0 saturated carbocycles. The molecule has 3 nitrogen and oxygen atoms in total. The molecule has 1 N–H and O–H groups in total. The summed E-state index contributed by atoms with van der Waals surface area (Å²) in [5.41, 5.74) is 1.77. The first kappa shape index (κ1) is 9.71. The normalized spacial score (nSPS) is 31.5. The maximum atomic E-state index is 4.31. The van der Waals surface area contributed by atoms with E-state index in [0.717, 1.165) is 13.1 Å². The Hall–Kier alpha value is -0.830. The Balaban J connectivity index is 2.16. The molecule has 0 aromatic carbocycles. The molecule has 2 rings (SSSR count). The van der Waals surface area contributed by atoms with Gasteiger partial charge in [0.05, 0.1) is 6.20 Å². The first-order valence-corrected chi connectivity index (χ1v) is 5.45. The van der Waals surface area contributed by atoms with Gasteiger partial charge in [0.15, 0.2) is 0 Å². The van der Waals surface area contributed by atoms with Crippen LogP contribution in [0.2, 0.25) is 0 Å². The summed E-state index contributed by atoms with van der Waals surface area (Å²) < 4.78 is 1.99. The minimum Gasteiger partial charge on any atom is -0.309 e. The van der Waals surface area contributed by atoms with Crippen LogP contribution in [-0.4, -0.2) is 16.3 Å². The van der Waals surface area contributed by atoms with Crippen molar-refractivity contribution in [2.24, 2.45) is 5.41 Å². The average Bonchev–Trinajstić information content (AvgIpc) is 2.63. The molecule has 3 heteroatoms. The van der Waals surface area contributed by atoms with Crippen LogP contribution in [0.15, 0.2) is 12.4 Å². The van der Waals surface area contributed by atoms with Crippen molar-refractivity contribution in [2.75, 3.05) is 6.54 Å². The third-order valence-electron chi connectivity index (χ3n) is 3.53. The molecule has 1 fully saturated rings. The summed E-state index contributed by atoms with van der Waals surface area (Å²) in [7, 11) is 0. The molecule has 0 aliphatic carbocycles. The zero-order valence-corrected chi connectivity index (χ0v) is 9.25. The van der Waals surface area contributed by atoms with Gasteiger partial charge in [0, 0.05) is 30.9 Å². The van der Waals surface area contributed by atoms with Gasteiger partial charge < -0.3 is 5.32 Å². The predicted octanol–water partition coefficient (Wildman–Crippen LogP) is 1.96. The number of aryl methyl sites for hydroxylation is 1. The second-order valence-corrected chi connectivity index (χ2v) is 4.45. The molecule has 78 valence electrons. The molecule has 2 atom stereocenters. The largest absolute Gasteiger partial charge is 0.309 e. The third kappa shape index (κ3) is 1.36. The second kappa shape index (κ2) is 3.39. The van der Waals surface area contributed by atoms with E-state index in [2.05, 4.69) is 37.4 Å². The molecule has 1 aromatic heterocycles. The van der Waals surface area contributed by atoms with E-state index < -0.39 is 0 Å². The molecule has 1 aliphatic rings. The van der Waals surface area contributed by atoms with Crippen molar-refractivity contribution >= 4 is 0 Å². The molecular formula is C11H19N3. The van der Waals surface area contributed by atoms with Crippen LogP contribution >= 0.6 is 0 Å². The van der Waals surface area contributed by atoms with Crippen LogP contribution in [0.25, 0.3) is 0 Å². The first-order valence-electron chi connectivity index (χ1n) is 5.45. The van der Waals surface area contributed by atoms with Crippen LogP contribution in [-0.2, 0) is 6.54 Å². The number of aromatic nitrogens is 2.